The summed E-state index contributed by atoms with van der Waals surface area (Å²) in [5.41, 5.74) is 7.12. The van der Waals surface area contributed by atoms with Crippen molar-refractivity contribution in [1.82, 2.24) is 14.6 Å². The lowest BCUT2D eigenvalue weighted by molar-refractivity contribution is 0.0651. The number of likely N-dealkylation sites (tertiary alicyclic amines) is 1. The number of piperidine rings is 1. The molecule has 0 radical (unpaired) electrons. The third kappa shape index (κ3) is 4.21. The van der Waals surface area contributed by atoms with Crippen molar-refractivity contribution < 1.29 is 14.4 Å². The number of carbonyl (C=O) groups is 1. The van der Waals surface area contributed by atoms with Crippen LogP contribution in [0.25, 0.3) is 32.9 Å². The van der Waals surface area contributed by atoms with Crippen molar-refractivity contribution in [1.29, 1.82) is 0 Å². The Hall–Kier alpha value is -3.90. The number of aryl methyl sites for hydroxylation is 2. The molecule has 0 atom stereocenters. The number of benzene rings is 3. The van der Waals surface area contributed by atoms with Crippen LogP contribution >= 0.6 is 0 Å². The molecule has 0 unspecified atom stereocenters. The van der Waals surface area contributed by atoms with Gasteiger partial charge in [0, 0.05) is 53.7 Å². The van der Waals surface area contributed by atoms with Crippen LogP contribution < -0.4 is 0 Å². The van der Waals surface area contributed by atoms with Gasteiger partial charge in [0.15, 0.2) is 0 Å². The van der Waals surface area contributed by atoms with Crippen molar-refractivity contribution in [3.8, 4) is 11.1 Å². The van der Waals surface area contributed by atoms with Crippen LogP contribution in [-0.2, 0) is 6.54 Å². The van der Waals surface area contributed by atoms with Gasteiger partial charge < -0.3 is 19.1 Å². The SMILES string of the molecule is Cc1noc(C)c1-c1ccc2c3cc(C(=O)N4CCC(CO)CC4)ccc3n(Cc3ccccc3)c2c1. The molecule has 6 heteroatoms. The van der Waals surface area contributed by atoms with Crippen LogP contribution in [0.1, 0.15) is 40.2 Å². The van der Waals surface area contributed by atoms with E-state index in [9.17, 15) is 9.90 Å². The third-order valence-corrected chi connectivity index (χ3v) is 7.78. The number of hydrogen-bond donors (Lipinski definition) is 1. The van der Waals surface area contributed by atoms with Gasteiger partial charge in [-0.05, 0) is 68.0 Å². The normalized spacial score (nSPS) is 14.6. The van der Waals surface area contributed by atoms with Crippen molar-refractivity contribution in [3.63, 3.8) is 0 Å². The standard InChI is InChI=1S/C31H31N3O3/c1-20-30(21(2)37-32-20)24-8-10-26-27-16-25(31(36)33-14-12-23(19-35)13-15-33)9-11-28(27)34(29(26)17-24)18-22-6-4-3-5-7-22/h3-11,16-17,23,35H,12-15,18-19H2,1-2H3. The number of aliphatic hydroxyl groups excluding tert-OH is 1. The van der Waals surface area contributed by atoms with E-state index in [-0.39, 0.29) is 12.5 Å². The molecule has 188 valence electrons. The van der Waals surface area contributed by atoms with Gasteiger partial charge in [-0.3, -0.25) is 4.79 Å². The van der Waals surface area contributed by atoms with Crippen molar-refractivity contribution in [3.05, 3.63) is 89.3 Å². The molecule has 6 nitrogen and oxygen atoms in total. The number of carbonyl (C=O) groups excluding carboxylic acids is 1. The van der Waals surface area contributed by atoms with Crippen LogP contribution in [0.5, 0.6) is 0 Å². The van der Waals surface area contributed by atoms with Crippen LogP contribution in [0, 0.1) is 19.8 Å². The van der Waals surface area contributed by atoms with Crippen LogP contribution in [0.3, 0.4) is 0 Å². The van der Waals surface area contributed by atoms with Crippen molar-refractivity contribution >= 4 is 27.7 Å². The number of aromatic nitrogens is 2. The molecule has 2 aromatic heterocycles. The second-order valence-electron chi connectivity index (χ2n) is 10.2. The molecule has 3 aromatic carbocycles. The molecule has 5 aromatic rings. The van der Waals surface area contributed by atoms with Gasteiger partial charge >= 0.3 is 0 Å². The molecule has 1 fully saturated rings. The maximum absolute atomic E-state index is 13.4. The first-order valence-corrected chi connectivity index (χ1v) is 13.0. The molecule has 0 spiro atoms. The number of fused-ring (bicyclic) bond motifs is 3. The lowest BCUT2D eigenvalue weighted by Gasteiger charge is -2.31. The van der Waals surface area contributed by atoms with Gasteiger partial charge in [-0.1, -0.05) is 47.6 Å². The maximum Gasteiger partial charge on any atom is 0.253 e. The van der Waals surface area contributed by atoms with Crippen LogP contribution in [0.15, 0.2) is 71.3 Å². The zero-order chi connectivity index (χ0) is 25.5. The molecular weight excluding hydrogens is 462 g/mol. The van der Waals surface area contributed by atoms with Crippen molar-refractivity contribution in [2.45, 2.75) is 33.2 Å². The molecule has 37 heavy (non-hydrogen) atoms. The molecule has 0 aliphatic carbocycles. The van der Waals surface area contributed by atoms with Gasteiger partial charge in [0.2, 0.25) is 0 Å². The molecule has 0 saturated carbocycles. The smallest absolute Gasteiger partial charge is 0.253 e. The van der Waals surface area contributed by atoms with Gasteiger partial charge in [0.05, 0.1) is 11.2 Å². The fourth-order valence-corrected chi connectivity index (χ4v) is 5.72. The molecule has 6 rings (SSSR count). The average Bonchev–Trinajstić information content (AvgIpc) is 3.44. The maximum atomic E-state index is 13.4. The monoisotopic (exact) mass is 493 g/mol. The fourth-order valence-electron chi connectivity index (χ4n) is 5.72. The Morgan fingerprint density at radius 3 is 2.46 bits per heavy atom. The summed E-state index contributed by atoms with van der Waals surface area (Å²) in [5.74, 6) is 1.17. The number of hydrogen-bond acceptors (Lipinski definition) is 4. The van der Waals surface area contributed by atoms with Gasteiger partial charge in [0.25, 0.3) is 5.91 Å². The highest BCUT2D eigenvalue weighted by Gasteiger charge is 2.24. The van der Waals surface area contributed by atoms with E-state index in [0.717, 1.165) is 63.8 Å². The Balaban J connectivity index is 1.47. The van der Waals surface area contributed by atoms with E-state index < -0.39 is 0 Å². The van der Waals surface area contributed by atoms with Gasteiger partial charge in [-0.15, -0.1) is 0 Å². The second-order valence-corrected chi connectivity index (χ2v) is 10.2. The number of rotatable bonds is 5. The van der Waals surface area contributed by atoms with E-state index in [1.807, 2.05) is 30.9 Å². The summed E-state index contributed by atoms with van der Waals surface area (Å²) >= 11 is 0. The summed E-state index contributed by atoms with van der Waals surface area (Å²) in [4.78, 5) is 15.3. The summed E-state index contributed by atoms with van der Waals surface area (Å²) in [6.45, 7) is 6.23. The Kier molecular flexibility index (Phi) is 6.05. The van der Waals surface area contributed by atoms with Crippen LogP contribution in [-0.4, -0.2) is 45.3 Å². The molecule has 0 bridgehead atoms. The molecule has 1 aliphatic heterocycles. The number of amides is 1. The highest BCUT2D eigenvalue weighted by molar-refractivity contribution is 6.11. The van der Waals surface area contributed by atoms with Gasteiger partial charge in [-0.25, -0.2) is 0 Å². The average molecular weight is 494 g/mol. The predicted molar refractivity (Wildman–Crippen MR) is 146 cm³/mol. The van der Waals surface area contributed by atoms with Gasteiger partial charge in [0.1, 0.15) is 5.76 Å². The van der Waals surface area contributed by atoms with E-state index in [1.165, 1.54) is 5.56 Å². The molecule has 1 amide bonds. The minimum absolute atomic E-state index is 0.0644. The minimum atomic E-state index is 0.0644. The molecule has 1 saturated heterocycles. The number of nitrogens with zero attached hydrogens (tertiary/aromatic N) is 3. The molecule has 1 N–H and O–H groups in total. The first-order chi connectivity index (χ1) is 18.0. The largest absolute Gasteiger partial charge is 0.396 e. The third-order valence-electron chi connectivity index (χ3n) is 7.78. The van der Waals surface area contributed by atoms with E-state index in [2.05, 4.69) is 64.3 Å². The summed E-state index contributed by atoms with van der Waals surface area (Å²) < 4.78 is 7.78. The highest BCUT2D eigenvalue weighted by atomic mass is 16.5. The predicted octanol–water partition coefficient (Wildman–Crippen LogP) is 5.96. The van der Waals surface area contributed by atoms with E-state index in [0.29, 0.717) is 24.6 Å². The Labute approximate surface area is 216 Å². The lowest BCUT2D eigenvalue weighted by Crippen LogP contribution is -2.39. The minimum Gasteiger partial charge on any atom is -0.396 e. The van der Waals surface area contributed by atoms with E-state index in [4.69, 9.17) is 4.52 Å². The summed E-state index contributed by atoms with van der Waals surface area (Å²) in [6, 6.07) is 23.0. The van der Waals surface area contributed by atoms with E-state index in [1.54, 1.807) is 0 Å². The molecule has 3 heterocycles. The number of aliphatic hydroxyl groups is 1. The highest BCUT2D eigenvalue weighted by Crippen LogP contribution is 2.36. The fraction of sp³-hybridized carbons (Fsp3) is 0.290. The first kappa shape index (κ1) is 23.5. The quantitative estimate of drug-likeness (QED) is 0.328. The van der Waals surface area contributed by atoms with Crippen molar-refractivity contribution in [2.75, 3.05) is 19.7 Å². The van der Waals surface area contributed by atoms with Crippen molar-refractivity contribution in [2.24, 2.45) is 5.92 Å². The zero-order valence-electron chi connectivity index (χ0n) is 21.3. The topological polar surface area (TPSA) is 71.5 Å². The van der Waals surface area contributed by atoms with E-state index >= 15 is 0 Å². The summed E-state index contributed by atoms with van der Waals surface area (Å²) in [6.07, 6.45) is 1.71. The molecule has 1 aliphatic rings. The zero-order valence-corrected chi connectivity index (χ0v) is 21.3. The van der Waals surface area contributed by atoms with Crippen LogP contribution in [0.2, 0.25) is 0 Å². The Morgan fingerprint density at radius 1 is 0.973 bits per heavy atom. The lowest BCUT2D eigenvalue weighted by atomic mass is 9.97. The van der Waals surface area contributed by atoms with Gasteiger partial charge in [-0.2, -0.15) is 0 Å². The summed E-state index contributed by atoms with van der Waals surface area (Å²) in [5, 5.41) is 15.8. The first-order valence-electron chi connectivity index (χ1n) is 13.0. The molecular formula is C31H31N3O3. The summed E-state index contributed by atoms with van der Waals surface area (Å²) in [7, 11) is 0. The Bertz CT molecular complexity index is 1570. The van der Waals surface area contributed by atoms with Crippen LogP contribution in [0.4, 0.5) is 0 Å². The second kappa shape index (κ2) is 9.52. The Morgan fingerprint density at radius 2 is 1.76 bits per heavy atom.